The van der Waals surface area contributed by atoms with Gasteiger partial charge in [-0.2, -0.15) is 0 Å². The molecule has 0 radical (unpaired) electrons. The summed E-state index contributed by atoms with van der Waals surface area (Å²) >= 11 is 4.85. The molecule has 0 atom stereocenters. The van der Waals surface area contributed by atoms with Crippen LogP contribution in [-0.4, -0.2) is 43.0 Å². The zero-order chi connectivity index (χ0) is 15.2. The SMILES string of the molecule is CN(CCCCCO)S(=O)(=O)c1cccc(C(N)=S)c1. The van der Waals surface area contributed by atoms with Crippen molar-refractivity contribution in [1.29, 1.82) is 0 Å². The van der Waals surface area contributed by atoms with Crippen molar-refractivity contribution in [2.24, 2.45) is 5.73 Å². The zero-order valence-electron chi connectivity index (χ0n) is 11.4. The minimum atomic E-state index is -3.53. The molecule has 0 unspecified atom stereocenters. The fourth-order valence-electron chi connectivity index (χ4n) is 1.73. The molecule has 3 N–H and O–H groups in total. The molecule has 0 saturated carbocycles. The molecule has 0 saturated heterocycles. The number of hydrogen-bond donors (Lipinski definition) is 2. The van der Waals surface area contributed by atoms with Crippen LogP contribution in [0.1, 0.15) is 24.8 Å². The molecule has 1 aromatic rings. The fraction of sp³-hybridized carbons (Fsp3) is 0.462. The minimum absolute atomic E-state index is 0.131. The van der Waals surface area contributed by atoms with E-state index in [1.54, 1.807) is 19.2 Å². The maximum Gasteiger partial charge on any atom is 0.242 e. The maximum atomic E-state index is 12.4. The lowest BCUT2D eigenvalue weighted by Crippen LogP contribution is -2.28. The molecule has 0 spiro atoms. The van der Waals surface area contributed by atoms with Gasteiger partial charge in [-0.1, -0.05) is 24.4 Å². The van der Waals surface area contributed by atoms with Gasteiger partial charge in [-0.05, 0) is 31.4 Å². The van der Waals surface area contributed by atoms with E-state index in [0.29, 0.717) is 24.9 Å². The lowest BCUT2D eigenvalue weighted by molar-refractivity contribution is 0.281. The number of hydrogen-bond acceptors (Lipinski definition) is 4. The first kappa shape index (κ1) is 17.0. The van der Waals surface area contributed by atoms with Gasteiger partial charge in [-0.25, -0.2) is 12.7 Å². The summed E-state index contributed by atoms with van der Waals surface area (Å²) in [4.78, 5) is 0.361. The molecule has 0 heterocycles. The molecule has 7 heteroatoms. The molecule has 0 bridgehead atoms. The summed E-state index contributed by atoms with van der Waals surface area (Å²) in [5, 5.41) is 8.70. The predicted molar refractivity (Wildman–Crippen MR) is 83.1 cm³/mol. The normalized spacial score (nSPS) is 11.8. The fourth-order valence-corrected chi connectivity index (χ4v) is 3.12. The van der Waals surface area contributed by atoms with Crippen molar-refractivity contribution in [1.82, 2.24) is 4.31 Å². The number of benzene rings is 1. The lowest BCUT2D eigenvalue weighted by Gasteiger charge is -2.17. The van der Waals surface area contributed by atoms with Gasteiger partial charge in [-0.15, -0.1) is 0 Å². The molecular formula is C13H20N2O3S2. The van der Waals surface area contributed by atoms with E-state index in [1.807, 2.05) is 0 Å². The Kier molecular flexibility index (Phi) is 6.54. The number of aliphatic hydroxyl groups excluding tert-OH is 1. The molecule has 0 amide bonds. The van der Waals surface area contributed by atoms with Crippen molar-refractivity contribution in [3.63, 3.8) is 0 Å². The second kappa shape index (κ2) is 7.68. The highest BCUT2D eigenvalue weighted by Gasteiger charge is 2.20. The first-order valence-corrected chi connectivity index (χ1v) is 8.21. The van der Waals surface area contributed by atoms with E-state index in [2.05, 4.69) is 0 Å². The smallest absolute Gasteiger partial charge is 0.242 e. The third kappa shape index (κ3) is 4.52. The van der Waals surface area contributed by atoms with Crippen molar-refractivity contribution in [3.8, 4) is 0 Å². The number of nitrogens with two attached hydrogens (primary N) is 1. The molecule has 1 aromatic carbocycles. The average molecular weight is 316 g/mol. The van der Waals surface area contributed by atoms with Gasteiger partial charge < -0.3 is 10.8 Å². The molecule has 1 rings (SSSR count). The van der Waals surface area contributed by atoms with Gasteiger partial charge in [0.25, 0.3) is 0 Å². The van der Waals surface area contributed by atoms with E-state index >= 15 is 0 Å². The first-order chi connectivity index (χ1) is 9.39. The zero-order valence-corrected chi connectivity index (χ0v) is 13.1. The Morgan fingerprint density at radius 3 is 2.65 bits per heavy atom. The highest BCUT2D eigenvalue weighted by atomic mass is 32.2. The Bertz CT molecular complexity index is 558. The molecule has 0 aliphatic carbocycles. The molecule has 5 nitrogen and oxygen atoms in total. The van der Waals surface area contributed by atoms with Gasteiger partial charge >= 0.3 is 0 Å². The molecule has 0 aromatic heterocycles. The average Bonchev–Trinajstić information content (AvgIpc) is 2.43. The molecule has 0 aliphatic heterocycles. The summed E-state index contributed by atoms with van der Waals surface area (Å²) in [6, 6.07) is 6.33. The van der Waals surface area contributed by atoms with E-state index < -0.39 is 10.0 Å². The van der Waals surface area contributed by atoms with Crippen molar-refractivity contribution in [3.05, 3.63) is 29.8 Å². The second-order valence-corrected chi connectivity index (χ2v) is 6.99. The Labute approximate surface area is 125 Å². The van der Waals surface area contributed by atoms with Crippen LogP contribution in [0.4, 0.5) is 0 Å². The van der Waals surface area contributed by atoms with Crippen LogP contribution in [-0.2, 0) is 10.0 Å². The quantitative estimate of drug-likeness (QED) is 0.554. The van der Waals surface area contributed by atoms with Crippen LogP contribution in [0.5, 0.6) is 0 Å². The molecule has 112 valence electrons. The number of sulfonamides is 1. The van der Waals surface area contributed by atoms with E-state index in [-0.39, 0.29) is 16.5 Å². The molecule has 0 fully saturated rings. The van der Waals surface area contributed by atoms with Crippen LogP contribution >= 0.6 is 12.2 Å². The Morgan fingerprint density at radius 1 is 1.35 bits per heavy atom. The molecule has 0 aliphatic rings. The molecular weight excluding hydrogens is 296 g/mol. The Balaban J connectivity index is 2.82. The summed E-state index contributed by atoms with van der Waals surface area (Å²) in [6.45, 7) is 0.548. The van der Waals surface area contributed by atoms with Crippen molar-refractivity contribution >= 4 is 27.2 Å². The largest absolute Gasteiger partial charge is 0.396 e. The van der Waals surface area contributed by atoms with Crippen molar-refractivity contribution in [2.45, 2.75) is 24.2 Å². The van der Waals surface area contributed by atoms with E-state index in [0.717, 1.165) is 6.42 Å². The summed E-state index contributed by atoms with van der Waals surface area (Å²) in [6.07, 6.45) is 2.19. The van der Waals surface area contributed by atoms with E-state index in [9.17, 15) is 8.42 Å². The van der Waals surface area contributed by atoms with Crippen LogP contribution in [0.3, 0.4) is 0 Å². The van der Waals surface area contributed by atoms with Gasteiger partial charge in [0.2, 0.25) is 10.0 Å². The van der Waals surface area contributed by atoms with Gasteiger partial charge in [0.1, 0.15) is 4.99 Å². The standard InChI is InChI=1S/C13H20N2O3S2/c1-15(8-3-2-4-9-16)20(17,18)12-7-5-6-11(10-12)13(14)19/h5-7,10,16H,2-4,8-9H2,1H3,(H2,14,19). The lowest BCUT2D eigenvalue weighted by atomic mass is 10.2. The maximum absolute atomic E-state index is 12.4. The van der Waals surface area contributed by atoms with Crippen LogP contribution in [0.25, 0.3) is 0 Å². The van der Waals surface area contributed by atoms with Crippen molar-refractivity contribution < 1.29 is 13.5 Å². The van der Waals surface area contributed by atoms with E-state index in [1.165, 1.54) is 16.4 Å². The number of aliphatic hydroxyl groups is 1. The summed E-state index contributed by atoms with van der Waals surface area (Å²) < 4.78 is 26.0. The highest BCUT2D eigenvalue weighted by Crippen LogP contribution is 2.16. The number of nitrogens with zero attached hydrogens (tertiary/aromatic N) is 1. The first-order valence-electron chi connectivity index (χ1n) is 6.36. The third-order valence-electron chi connectivity index (χ3n) is 2.96. The van der Waals surface area contributed by atoms with Crippen LogP contribution in [0.15, 0.2) is 29.2 Å². The van der Waals surface area contributed by atoms with E-state index in [4.69, 9.17) is 23.1 Å². The summed E-state index contributed by atoms with van der Waals surface area (Å²) in [5.74, 6) is 0. The number of thiocarbonyl (C=S) groups is 1. The van der Waals surface area contributed by atoms with Crippen LogP contribution < -0.4 is 5.73 Å². The Hall–Kier alpha value is -1.02. The van der Waals surface area contributed by atoms with Gasteiger partial charge in [0, 0.05) is 25.8 Å². The molecule has 20 heavy (non-hydrogen) atoms. The number of rotatable bonds is 8. The predicted octanol–water partition coefficient (Wildman–Crippen LogP) is 1.10. The monoisotopic (exact) mass is 316 g/mol. The summed E-state index contributed by atoms with van der Waals surface area (Å²) in [5.41, 5.74) is 6.05. The topological polar surface area (TPSA) is 83.6 Å². The van der Waals surface area contributed by atoms with Crippen LogP contribution in [0, 0.1) is 0 Å². The van der Waals surface area contributed by atoms with Gasteiger partial charge in [0.15, 0.2) is 0 Å². The second-order valence-electron chi connectivity index (χ2n) is 4.50. The van der Waals surface area contributed by atoms with Gasteiger partial charge in [-0.3, -0.25) is 0 Å². The summed E-state index contributed by atoms with van der Waals surface area (Å²) in [7, 11) is -1.98. The minimum Gasteiger partial charge on any atom is -0.396 e. The Morgan fingerprint density at radius 2 is 2.05 bits per heavy atom. The van der Waals surface area contributed by atoms with Gasteiger partial charge in [0.05, 0.1) is 4.90 Å². The van der Waals surface area contributed by atoms with Crippen molar-refractivity contribution in [2.75, 3.05) is 20.2 Å². The number of unbranched alkanes of at least 4 members (excludes halogenated alkanes) is 2. The third-order valence-corrected chi connectivity index (χ3v) is 5.05. The highest BCUT2D eigenvalue weighted by molar-refractivity contribution is 7.89. The van der Waals surface area contributed by atoms with Crippen LogP contribution in [0.2, 0.25) is 0 Å².